The standard InChI is InChI=1S/C20H17N5O2S/c1-13-22-23-20(28-13)21-19(26)17-12-25(15-6-4-3-5-7-15)24-18(17)14-8-10-16(27-2)11-9-14/h3-12H,1-2H3,(H,21,23,26). The highest BCUT2D eigenvalue weighted by Crippen LogP contribution is 2.27. The Labute approximate surface area is 165 Å². The first-order chi connectivity index (χ1) is 13.6. The average Bonchev–Trinajstić information content (AvgIpc) is 3.35. The van der Waals surface area contributed by atoms with Gasteiger partial charge in [0.1, 0.15) is 16.5 Å². The van der Waals surface area contributed by atoms with E-state index in [2.05, 4.69) is 20.6 Å². The number of rotatable bonds is 5. The van der Waals surface area contributed by atoms with Crippen LogP contribution in [0.25, 0.3) is 16.9 Å². The lowest BCUT2D eigenvalue weighted by atomic mass is 10.1. The summed E-state index contributed by atoms with van der Waals surface area (Å²) in [6, 6.07) is 17.1. The van der Waals surface area contributed by atoms with Crippen LogP contribution in [0.15, 0.2) is 60.8 Å². The number of aromatic nitrogens is 4. The third-order valence-corrected chi connectivity index (χ3v) is 4.84. The van der Waals surface area contributed by atoms with Crippen molar-refractivity contribution >= 4 is 22.4 Å². The van der Waals surface area contributed by atoms with Crippen molar-refractivity contribution in [2.45, 2.75) is 6.92 Å². The minimum absolute atomic E-state index is 0.288. The lowest BCUT2D eigenvalue weighted by Crippen LogP contribution is -2.12. The van der Waals surface area contributed by atoms with Crippen LogP contribution in [-0.4, -0.2) is 33.0 Å². The molecule has 0 aliphatic heterocycles. The number of amides is 1. The van der Waals surface area contributed by atoms with Crippen molar-refractivity contribution in [1.29, 1.82) is 0 Å². The average molecular weight is 391 g/mol. The number of aryl methyl sites for hydroxylation is 1. The molecule has 0 aliphatic carbocycles. The molecule has 4 aromatic rings. The van der Waals surface area contributed by atoms with Gasteiger partial charge in [0.2, 0.25) is 5.13 Å². The molecule has 8 heteroatoms. The summed E-state index contributed by atoms with van der Waals surface area (Å²) in [5, 5.41) is 16.6. The van der Waals surface area contributed by atoms with Gasteiger partial charge in [-0.1, -0.05) is 29.5 Å². The Balaban J connectivity index is 1.75. The Morgan fingerprint density at radius 1 is 1.07 bits per heavy atom. The molecule has 1 amide bonds. The monoisotopic (exact) mass is 391 g/mol. The van der Waals surface area contributed by atoms with Crippen molar-refractivity contribution in [3.05, 3.63) is 71.4 Å². The largest absolute Gasteiger partial charge is 0.497 e. The van der Waals surface area contributed by atoms with E-state index >= 15 is 0 Å². The smallest absolute Gasteiger partial charge is 0.261 e. The molecule has 0 radical (unpaired) electrons. The van der Waals surface area contributed by atoms with E-state index in [9.17, 15) is 4.79 Å². The van der Waals surface area contributed by atoms with Gasteiger partial charge in [0.05, 0.1) is 18.4 Å². The fourth-order valence-corrected chi connectivity index (χ4v) is 3.31. The second-order valence-corrected chi connectivity index (χ2v) is 7.16. The third-order valence-electron chi connectivity index (χ3n) is 4.09. The van der Waals surface area contributed by atoms with Crippen LogP contribution in [0, 0.1) is 6.92 Å². The number of ether oxygens (including phenoxy) is 1. The number of para-hydroxylation sites is 1. The van der Waals surface area contributed by atoms with E-state index in [1.54, 1.807) is 18.0 Å². The molecular formula is C20H17N5O2S. The molecule has 1 N–H and O–H groups in total. The van der Waals surface area contributed by atoms with Crippen LogP contribution in [0.1, 0.15) is 15.4 Å². The fraction of sp³-hybridized carbons (Fsp3) is 0.100. The summed E-state index contributed by atoms with van der Waals surface area (Å²) in [6.07, 6.45) is 1.72. The van der Waals surface area contributed by atoms with Gasteiger partial charge in [0, 0.05) is 11.8 Å². The van der Waals surface area contributed by atoms with E-state index in [-0.39, 0.29) is 5.91 Å². The summed E-state index contributed by atoms with van der Waals surface area (Å²) >= 11 is 1.32. The van der Waals surface area contributed by atoms with Crippen LogP contribution >= 0.6 is 11.3 Å². The molecular weight excluding hydrogens is 374 g/mol. The Kier molecular flexibility index (Phi) is 4.86. The van der Waals surface area contributed by atoms with Gasteiger partial charge in [-0.2, -0.15) is 5.10 Å². The van der Waals surface area contributed by atoms with Crippen LogP contribution < -0.4 is 10.1 Å². The number of hydrogen-bond acceptors (Lipinski definition) is 6. The predicted octanol–water partition coefficient (Wildman–Crippen LogP) is 3.96. The first kappa shape index (κ1) is 17.9. The number of carbonyl (C=O) groups excluding carboxylic acids is 1. The maximum atomic E-state index is 12.9. The maximum Gasteiger partial charge on any atom is 0.261 e. The summed E-state index contributed by atoms with van der Waals surface area (Å²) in [6.45, 7) is 1.84. The summed E-state index contributed by atoms with van der Waals surface area (Å²) < 4.78 is 6.91. The van der Waals surface area contributed by atoms with E-state index in [0.717, 1.165) is 22.0 Å². The van der Waals surface area contributed by atoms with Crippen molar-refractivity contribution in [2.24, 2.45) is 0 Å². The molecule has 0 saturated carbocycles. The zero-order valence-electron chi connectivity index (χ0n) is 15.3. The Bertz CT molecular complexity index is 1100. The molecule has 140 valence electrons. The highest BCUT2D eigenvalue weighted by molar-refractivity contribution is 7.15. The van der Waals surface area contributed by atoms with Crippen LogP contribution in [0.3, 0.4) is 0 Å². The molecule has 0 fully saturated rings. The number of hydrogen-bond donors (Lipinski definition) is 1. The minimum Gasteiger partial charge on any atom is -0.497 e. The molecule has 0 saturated heterocycles. The van der Waals surface area contributed by atoms with E-state index in [1.807, 2.05) is 61.5 Å². The van der Waals surface area contributed by atoms with E-state index in [4.69, 9.17) is 4.74 Å². The third kappa shape index (κ3) is 3.63. The van der Waals surface area contributed by atoms with Crippen molar-refractivity contribution < 1.29 is 9.53 Å². The summed E-state index contributed by atoms with van der Waals surface area (Å²) in [5.74, 6) is 0.450. The topological polar surface area (TPSA) is 81.9 Å². The predicted molar refractivity (Wildman–Crippen MR) is 108 cm³/mol. The molecule has 0 spiro atoms. The van der Waals surface area contributed by atoms with Gasteiger partial charge in [0.15, 0.2) is 0 Å². The Morgan fingerprint density at radius 3 is 2.46 bits per heavy atom. The SMILES string of the molecule is COc1ccc(-c2nn(-c3ccccc3)cc2C(=O)Nc2nnc(C)s2)cc1. The van der Waals surface area contributed by atoms with Crippen molar-refractivity contribution in [3.63, 3.8) is 0 Å². The Hall–Kier alpha value is -3.52. The quantitative estimate of drug-likeness (QED) is 0.557. The lowest BCUT2D eigenvalue weighted by molar-refractivity contribution is 0.102. The molecule has 0 aliphatic rings. The molecule has 7 nitrogen and oxygen atoms in total. The summed E-state index contributed by atoms with van der Waals surface area (Å²) in [5.41, 5.74) is 2.70. The molecule has 2 aromatic carbocycles. The van der Waals surface area contributed by atoms with Crippen LogP contribution in [0.5, 0.6) is 5.75 Å². The number of nitrogens with one attached hydrogen (secondary N) is 1. The van der Waals surface area contributed by atoms with Gasteiger partial charge in [0.25, 0.3) is 5.91 Å². The molecule has 2 aromatic heterocycles. The maximum absolute atomic E-state index is 12.9. The van der Waals surface area contributed by atoms with Crippen LogP contribution in [-0.2, 0) is 0 Å². The van der Waals surface area contributed by atoms with Gasteiger partial charge in [-0.25, -0.2) is 4.68 Å². The van der Waals surface area contributed by atoms with Crippen LogP contribution in [0.4, 0.5) is 5.13 Å². The molecule has 2 heterocycles. The second kappa shape index (κ2) is 7.61. The van der Waals surface area contributed by atoms with E-state index in [0.29, 0.717) is 16.4 Å². The number of carbonyl (C=O) groups is 1. The zero-order valence-corrected chi connectivity index (χ0v) is 16.1. The van der Waals surface area contributed by atoms with Gasteiger partial charge in [-0.05, 0) is 43.3 Å². The number of methoxy groups -OCH3 is 1. The van der Waals surface area contributed by atoms with Gasteiger partial charge in [-0.15, -0.1) is 10.2 Å². The highest BCUT2D eigenvalue weighted by Gasteiger charge is 2.20. The van der Waals surface area contributed by atoms with Crippen molar-refractivity contribution in [2.75, 3.05) is 12.4 Å². The first-order valence-electron chi connectivity index (χ1n) is 8.55. The molecule has 0 atom stereocenters. The first-order valence-corrected chi connectivity index (χ1v) is 9.36. The van der Waals surface area contributed by atoms with Gasteiger partial charge >= 0.3 is 0 Å². The molecule has 0 unspecified atom stereocenters. The number of benzene rings is 2. The van der Waals surface area contributed by atoms with E-state index < -0.39 is 0 Å². The normalized spacial score (nSPS) is 10.6. The highest BCUT2D eigenvalue weighted by atomic mass is 32.1. The van der Waals surface area contributed by atoms with E-state index in [1.165, 1.54) is 11.3 Å². The van der Waals surface area contributed by atoms with Gasteiger partial charge < -0.3 is 4.74 Å². The van der Waals surface area contributed by atoms with Crippen molar-refractivity contribution in [3.8, 4) is 22.7 Å². The fourth-order valence-electron chi connectivity index (χ4n) is 2.73. The number of anilines is 1. The molecule has 28 heavy (non-hydrogen) atoms. The molecule has 4 rings (SSSR count). The summed E-state index contributed by atoms with van der Waals surface area (Å²) in [4.78, 5) is 12.9. The zero-order chi connectivity index (χ0) is 19.5. The Morgan fingerprint density at radius 2 is 1.82 bits per heavy atom. The molecule has 0 bridgehead atoms. The van der Waals surface area contributed by atoms with Crippen LogP contribution in [0.2, 0.25) is 0 Å². The number of nitrogens with zero attached hydrogens (tertiary/aromatic N) is 4. The lowest BCUT2D eigenvalue weighted by Gasteiger charge is -2.04. The second-order valence-electron chi connectivity index (χ2n) is 5.98. The minimum atomic E-state index is -0.288. The summed E-state index contributed by atoms with van der Waals surface area (Å²) in [7, 11) is 1.61. The van der Waals surface area contributed by atoms with Crippen molar-refractivity contribution in [1.82, 2.24) is 20.0 Å². The van der Waals surface area contributed by atoms with Gasteiger partial charge in [-0.3, -0.25) is 10.1 Å².